The first-order valence-electron chi connectivity index (χ1n) is 12.7. The molecule has 3 N–H and O–H groups in total. The highest BCUT2D eigenvalue weighted by atomic mass is 16.5. The number of benzene rings is 2. The average molecular weight is 481 g/mol. The Bertz CT molecular complexity index is 1220. The highest BCUT2D eigenvalue weighted by Gasteiger charge is 2.23. The number of allylic oxidation sites excluding steroid dienone is 1. The molecule has 2 aliphatic rings. The van der Waals surface area contributed by atoms with Gasteiger partial charge in [-0.15, -0.1) is 0 Å². The molecule has 0 radical (unpaired) electrons. The monoisotopic (exact) mass is 480 g/mol. The normalized spacial score (nSPS) is 16.9. The van der Waals surface area contributed by atoms with Gasteiger partial charge < -0.3 is 15.8 Å². The molecule has 184 valence electrons. The van der Waals surface area contributed by atoms with Crippen LogP contribution < -0.4 is 15.8 Å². The lowest BCUT2D eigenvalue weighted by molar-refractivity contribution is 0.204. The van der Waals surface area contributed by atoms with Crippen molar-refractivity contribution < 1.29 is 4.74 Å². The van der Waals surface area contributed by atoms with E-state index in [9.17, 15) is 5.26 Å². The second-order valence-electron chi connectivity index (χ2n) is 9.66. The number of rotatable bonds is 9. The predicted molar refractivity (Wildman–Crippen MR) is 142 cm³/mol. The maximum absolute atomic E-state index is 9.44. The molecule has 7 nitrogen and oxygen atoms in total. The van der Waals surface area contributed by atoms with Gasteiger partial charge >= 0.3 is 0 Å². The molecule has 1 saturated carbocycles. The molecule has 1 aromatic heterocycles. The van der Waals surface area contributed by atoms with E-state index >= 15 is 0 Å². The van der Waals surface area contributed by atoms with Gasteiger partial charge in [-0.05, 0) is 80.4 Å². The highest BCUT2D eigenvalue weighted by Crippen LogP contribution is 2.34. The molecule has 1 saturated heterocycles. The number of hydrogen-bond acceptors (Lipinski definition) is 7. The number of para-hydroxylation sites is 1. The topological polar surface area (TPSA) is 100 Å². The van der Waals surface area contributed by atoms with Gasteiger partial charge in [0.15, 0.2) is 0 Å². The van der Waals surface area contributed by atoms with Crippen LogP contribution in [0.25, 0.3) is 11.1 Å². The molecule has 0 bridgehead atoms. The summed E-state index contributed by atoms with van der Waals surface area (Å²) in [6, 6.07) is 19.9. The number of anilines is 2. The minimum atomic E-state index is 0.450. The lowest BCUT2D eigenvalue weighted by Gasteiger charge is -2.32. The molecule has 2 fully saturated rings. The van der Waals surface area contributed by atoms with Gasteiger partial charge in [-0.3, -0.25) is 4.90 Å². The zero-order chi connectivity index (χ0) is 24.7. The Balaban J connectivity index is 1.18. The number of nitrogen functional groups attached to an aromatic ring is 1. The van der Waals surface area contributed by atoms with Crippen LogP contribution in [0.4, 0.5) is 11.6 Å². The Labute approximate surface area is 212 Å². The average Bonchev–Trinajstić information content (AvgIpc) is 3.73. The largest absolute Gasteiger partial charge is 0.457 e. The molecule has 0 spiro atoms. The summed E-state index contributed by atoms with van der Waals surface area (Å²) >= 11 is 0. The van der Waals surface area contributed by atoms with Gasteiger partial charge in [0, 0.05) is 18.7 Å². The van der Waals surface area contributed by atoms with E-state index in [1.165, 1.54) is 19.2 Å². The second kappa shape index (κ2) is 11.2. The molecule has 7 heteroatoms. The van der Waals surface area contributed by atoms with Crippen molar-refractivity contribution >= 4 is 11.6 Å². The van der Waals surface area contributed by atoms with E-state index in [-0.39, 0.29) is 0 Å². The summed E-state index contributed by atoms with van der Waals surface area (Å²) in [7, 11) is 0. The molecule has 3 aromatic rings. The molecule has 0 unspecified atom stereocenters. The predicted octanol–water partition coefficient (Wildman–Crippen LogP) is 5.50. The van der Waals surface area contributed by atoms with Gasteiger partial charge in [-0.2, -0.15) is 5.26 Å². The fraction of sp³-hybridized carbons (Fsp3) is 0.345. The van der Waals surface area contributed by atoms with Crippen molar-refractivity contribution in [2.75, 3.05) is 37.2 Å². The van der Waals surface area contributed by atoms with Gasteiger partial charge in [0.1, 0.15) is 29.5 Å². The lowest BCUT2D eigenvalue weighted by atomic mass is 9.96. The van der Waals surface area contributed by atoms with Gasteiger partial charge in [0.05, 0.1) is 11.6 Å². The van der Waals surface area contributed by atoms with Crippen molar-refractivity contribution in [2.45, 2.75) is 25.7 Å². The Kier molecular flexibility index (Phi) is 7.44. The number of ether oxygens (including phenoxy) is 1. The summed E-state index contributed by atoms with van der Waals surface area (Å²) in [5.74, 6) is 3.94. The number of hydrogen-bond donors (Lipinski definition) is 2. The Morgan fingerprint density at radius 2 is 1.75 bits per heavy atom. The van der Waals surface area contributed by atoms with Crippen molar-refractivity contribution in [1.82, 2.24) is 14.9 Å². The quantitative estimate of drug-likeness (QED) is 0.390. The lowest BCUT2D eigenvalue weighted by Crippen LogP contribution is -2.37. The van der Waals surface area contributed by atoms with Crippen LogP contribution in [0.5, 0.6) is 11.5 Å². The van der Waals surface area contributed by atoms with E-state index in [0.717, 1.165) is 73.0 Å². The van der Waals surface area contributed by atoms with E-state index in [2.05, 4.69) is 32.3 Å². The smallest absolute Gasteiger partial charge is 0.139 e. The van der Waals surface area contributed by atoms with Crippen molar-refractivity contribution in [3.63, 3.8) is 0 Å². The zero-order valence-electron chi connectivity index (χ0n) is 20.4. The molecule has 0 atom stereocenters. The fourth-order valence-corrected chi connectivity index (χ4v) is 4.64. The summed E-state index contributed by atoms with van der Waals surface area (Å²) in [5.41, 5.74) is 8.96. The summed E-state index contributed by atoms with van der Waals surface area (Å²) in [6.45, 7) is 3.63. The summed E-state index contributed by atoms with van der Waals surface area (Å²) < 4.78 is 5.91. The highest BCUT2D eigenvalue weighted by molar-refractivity contribution is 5.83. The Hall–Kier alpha value is -3.89. The number of nitrogens with two attached hydrogens (primary N) is 1. The molecular weight excluding hydrogens is 448 g/mol. The minimum Gasteiger partial charge on any atom is -0.457 e. The van der Waals surface area contributed by atoms with Crippen LogP contribution in [0.15, 0.2) is 72.6 Å². The molecule has 5 rings (SSSR count). The van der Waals surface area contributed by atoms with Crippen molar-refractivity contribution in [1.29, 1.82) is 5.26 Å². The van der Waals surface area contributed by atoms with Crippen LogP contribution in [0.3, 0.4) is 0 Å². The molecule has 36 heavy (non-hydrogen) atoms. The second-order valence-corrected chi connectivity index (χ2v) is 9.66. The van der Waals surface area contributed by atoms with Crippen molar-refractivity contribution in [3.05, 3.63) is 72.6 Å². The first kappa shape index (κ1) is 23.8. The number of likely N-dealkylation sites (tertiary alicyclic amines) is 1. The van der Waals surface area contributed by atoms with Crippen LogP contribution in [-0.4, -0.2) is 41.0 Å². The molecule has 2 aromatic carbocycles. The van der Waals surface area contributed by atoms with Crippen LogP contribution in [0.1, 0.15) is 25.7 Å². The van der Waals surface area contributed by atoms with Gasteiger partial charge in [-0.1, -0.05) is 36.4 Å². The summed E-state index contributed by atoms with van der Waals surface area (Å²) in [5, 5.41) is 13.0. The third kappa shape index (κ3) is 6.21. The molecule has 1 aliphatic heterocycles. The van der Waals surface area contributed by atoms with E-state index < -0.39 is 0 Å². The first-order valence-corrected chi connectivity index (χ1v) is 12.7. The standard InChI is InChI=1S/C29H32N6O/c30-17-23(16-21-6-7-21)19-35-14-12-22(13-15-35)18-32-29-27(28(31)33-20-34-29)24-8-10-26(11-9-24)36-25-4-2-1-3-5-25/h1-5,8-11,16,20-22H,6-7,12-15,18-19H2,(H3,31,32,33,34). The number of nitrogens with zero attached hydrogens (tertiary/aromatic N) is 4. The third-order valence-electron chi connectivity index (χ3n) is 6.86. The van der Waals surface area contributed by atoms with Crippen LogP contribution >= 0.6 is 0 Å². The SMILES string of the molecule is N#CC(=CC1CC1)CN1CCC(CNc2ncnc(N)c2-c2ccc(Oc3ccccc3)cc2)CC1. The molecule has 0 amide bonds. The van der Waals surface area contributed by atoms with E-state index in [0.29, 0.717) is 17.7 Å². The minimum absolute atomic E-state index is 0.450. The van der Waals surface area contributed by atoms with Crippen LogP contribution in [-0.2, 0) is 0 Å². The van der Waals surface area contributed by atoms with Crippen LogP contribution in [0.2, 0.25) is 0 Å². The van der Waals surface area contributed by atoms with Crippen LogP contribution in [0, 0.1) is 23.2 Å². The van der Waals surface area contributed by atoms with E-state index in [1.807, 2.05) is 54.6 Å². The van der Waals surface area contributed by atoms with Gasteiger partial charge in [-0.25, -0.2) is 9.97 Å². The van der Waals surface area contributed by atoms with Crippen molar-refractivity contribution in [3.8, 4) is 28.7 Å². The van der Waals surface area contributed by atoms with E-state index in [1.54, 1.807) is 0 Å². The van der Waals surface area contributed by atoms with Gasteiger partial charge in [0.25, 0.3) is 0 Å². The number of piperidine rings is 1. The van der Waals surface area contributed by atoms with Crippen molar-refractivity contribution in [2.24, 2.45) is 11.8 Å². The molecular formula is C29H32N6O. The van der Waals surface area contributed by atoms with E-state index in [4.69, 9.17) is 10.5 Å². The van der Waals surface area contributed by atoms with Gasteiger partial charge in [0.2, 0.25) is 0 Å². The Morgan fingerprint density at radius 1 is 1.03 bits per heavy atom. The molecule has 1 aliphatic carbocycles. The number of nitrogens with one attached hydrogen (secondary N) is 1. The Morgan fingerprint density at radius 3 is 2.44 bits per heavy atom. The maximum Gasteiger partial charge on any atom is 0.139 e. The summed E-state index contributed by atoms with van der Waals surface area (Å²) in [4.78, 5) is 11.1. The molecule has 2 heterocycles. The maximum atomic E-state index is 9.44. The first-order chi connectivity index (χ1) is 17.7. The third-order valence-corrected chi connectivity index (χ3v) is 6.86. The zero-order valence-corrected chi connectivity index (χ0v) is 20.4. The summed E-state index contributed by atoms with van der Waals surface area (Å²) in [6.07, 6.45) is 8.34. The number of aromatic nitrogens is 2. The number of nitriles is 1. The fourth-order valence-electron chi connectivity index (χ4n) is 4.64.